The van der Waals surface area contributed by atoms with Crippen molar-refractivity contribution >= 4 is 37.5 Å². The van der Waals surface area contributed by atoms with Crippen molar-refractivity contribution in [2.75, 3.05) is 0 Å². The Morgan fingerprint density at radius 3 is 2.86 bits per heavy atom. The Morgan fingerprint density at radius 1 is 1.29 bits per heavy atom. The molecule has 0 fully saturated rings. The minimum Gasteiger partial charge on any atom is -0.271 e. The normalized spacial score (nSPS) is 12.7. The molecule has 0 saturated heterocycles. The molecule has 1 aromatic heterocycles. The van der Waals surface area contributed by atoms with Crippen LogP contribution in [0.1, 0.15) is 22.2 Å². The number of hydrogen-bond donors (Lipinski definition) is 2. The van der Waals surface area contributed by atoms with Crippen LogP contribution in [0.4, 0.5) is 0 Å². The number of hydrogen-bond acceptors (Lipinski definition) is 4. The van der Waals surface area contributed by atoms with Gasteiger partial charge in [-0.1, -0.05) is 34.1 Å². The maximum Gasteiger partial charge on any atom is 0.0958 e. The number of aryl methyl sites for hydroxylation is 1. The standard InChI is InChI=1S/C16H16BrN3S/c1-10-6-7-11(17)8-12(10)14(20-18)9-16-19-13-4-2-3-5-15(13)21-16/h2-8,14,20H,9,18H2,1H3. The number of rotatable bonds is 4. The quantitative estimate of drug-likeness (QED) is 0.542. The van der Waals surface area contributed by atoms with Gasteiger partial charge in [0.25, 0.3) is 0 Å². The van der Waals surface area contributed by atoms with Crippen molar-refractivity contribution in [1.29, 1.82) is 0 Å². The highest BCUT2D eigenvalue weighted by Crippen LogP contribution is 2.28. The number of benzene rings is 2. The molecule has 3 aromatic rings. The Morgan fingerprint density at radius 2 is 2.10 bits per heavy atom. The van der Waals surface area contributed by atoms with Gasteiger partial charge in [0.2, 0.25) is 0 Å². The number of fused-ring (bicyclic) bond motifs is 1. The van der Waals surface area contributed by atoms with E-state index < -0.39 is 0 Å². The van der Waals surface area contributed by atoms with E-state index in [0.717, 1.165) is 21.4 Å². The van der Waals surface area contributed by atoms with E-state index in [0.29, 0.717) is 0 Å². The van der Waals surface area contributed by atoms with Crippen LogP contribution in [0.3, 0.4) is 0 Å². The first kappa shape index (κ1) is 14.7. The summed E-state index contributed by atoms with van der Waals surface area (Å²) in [6.45, 7) is 2.10. The van der Waals surface area contributed by atoms with E-state index in [1.54, 1.807) is 11.3 Å². The first-order chi connectivity index (χ1) is 10.2. The van der Waals surface area contributed by atoms with Crippen LogP contribution in [0.25, 0.3) is 10.2 Å². The maximum atomic E-state index is 5.78. The summed E-state index contributed by atoms with van der Waals surface area (Å²) in [6.07, 6.45) is 0.785. The van der Waals surface area contributed by atoms with Crippen LogP contribution in [-0.4, -0.2) is 4.98 Å². The van der Waals surface area contributed by atoms with Crippen LogP contribution in [0.2, 0.25) is 0 Å². The summed E-state index contributed by atoms with van der Waals surface area (Å²) < 4.78 is 2.28. The molecule has 108 valence electrons. The lowest BCUT2D eigenvalue weighted by atomic mass is 9.99. The average molecular weight is 362 g/mol. The molecule has 0 aliphatic carbocycles. The second-order valence-electron chi connectivity index (χ2n) is 5.00. The number of nitrogens with two attached hydrogens (primary N) is 1. The van der Waals surface area contributed by atoms with Gasteiger partial charge in [0.1, 0.15) is 0 Å². The van der Waals surface area contributed by atoms with Gasteiger partial charge in [-0.2, -0.15) is 0 Å². The van der Waals surface area contributed by atoms with Crippen LogP contribution in [0, 0.1) is 6.92 Å². The van der Waals surface area contributed by atoms with Gasteiger partial charge in [-0.15, -0.1) is 11.3 Å². The van der Waals surface area contributed by atoms with Gasteiger partial charge in [-0.3, -0.25) is 11.3 Å². The predicted octanol–water partition coefficient (Wildman–Crippen LogP) is 4.11. The predicted molar refractivity (Wildman–Crippen MR) is 92.3 cm³/mol. The molecule has 1 unspecified atom stereocenters. The number of nitrogens with one attached hydrogen (secondary N) is 1. The van der Waals surface area contributed by atoms with Crippen molar-refractivity contribution in [3.8, 4) is 0 Å². The van der Waals surface area contributed by atoms with Gasteiger partial charge >= 0.3 is 0 Å². The first-order valence-corrected chi connectivity index (χ1v) is 8.35. The molecule has 0 aliphatic heterocycles. The van der Waals surface area contributed by atoms with Crippen LogP contribution < -0.4 is 11.3 Å². The van der Waals surface area contributed by atoms with Crippen molar-refractivity contribution in [3.63, 3.8) is 0 Å². The molecule has 1 heterocycles. The Bertz CT molecular complexity index is 736. The molecule has 3 nitrogen and oxygen atoms in total. The molecule has 3 N–H and O–H groups in total. The van der Waals surface area contributed by atoms with Crippen molar-refractivity contribution in [2.24, 2.45) is 5.84 Å². The van der Waals surface area contributed by atoms with Gasteiger partial charge < -0.3 is 0 Å². The maximum absolute atomic E-state index is 5.78. The molecule has 1 atom stereocenters. The van der Waals surface area contributed by atoms with E-state index >= 15 is 0 Å². The monoisotopic (exact) mass is 361 g/mol. The number of para-hydroxylation sites is 1. The fraction of sp³-hybridized carbons (Fsp3) is 0.188. The average Bonchev–Trinajstić information content (AvgIpc) is 2.90. The topological polar surface area (TPSA) is 50.9 Å². The Kier molecular flexibility index (Phi) is 4.35. The van der Waals surface area contributed by atoms with Crippen LogP contribution in [0.15, 0.2) is 46.9 Å². The molecule has 0 saturated carbocycles. The molecular formula is C16H16BrN3S. The van der Waals surface area contributed by atoms with Gasteiger partial charge in [0.05, 0.1) is 21.3 Å². The Hall–Kier alpha value is -1.27. The van der Waals surface area contributed by atoms with E-state index in [-0.39, 0.29) is 6.04 Å². The van der Waals surface area contributed by atoms with Gasteiger partial charge in [0, 0.05) is 10.9 Å². The highest BCUT2D eigenvalue weighted by Gasteiger charge is 2.16. The number of aromatic nitrogens is 1. The fourth-order valence-electron chi connectivity index (χ4n) is 2.43. The number of hydrazine groups is 1. The molecule has 5 heteroatoms. The smallest absolute Gasteiger partial charge is 0.0958 e. The summed E-state index contributed by atoms with van der Waals surface area (Å²) in [4.78, 5) is 4.69. The summed E-state index contributed by atoms with van der Waals surface area (Å²) in [6, 6.07) is 14.5. The Balaban J connectivity index is 1.91. The lowest BCUT2D eigenvalue weighted by Gasteiger charge is -2.17. The zero-order valence-electron chi connectivity index (χ0n) is 11.6. The third kappa shape index (κ3) is 3.16. The van der Waals surface area contributed by atoms with Crippen LogP contribution >= 0.6 is 27.3 Å². The van der Waals surface area contributed by atoms with E-state index in [2.05, 4.69) is 51.5 Å². The van der Waals surface area contributed by atoms with Crippen molar-refractivity contribution < 1.29 is 0 Å². The lowest BCUT2D eigenvalue weighted by molar-refractivity contribution is 0.548. The summed E-state index contributed by atoms with van der Waals surface area (Å²) in [5.74, 6) is 5.78. The van der Waals surface area contributed by atoms with Crippen molar-refractivity contribution in [1.82, 2.24) is 10.4 Å². The fourth-order valence-corrected chi connectivity index (χ4v) is 3.82. The number of thiazole rings is 1. The third-order valence-corrected chi connectivity index (χ3v) is 5.09. The molecular weight excluding hydrogens is 346 g/mol. The minimum atomic E-state index is 0.0584. The van der Waals surface area contributed by atoms with Crippen molar-refractivity contribution in [2.45, 2.75) is 19.4 Å². The second kappa shape index (κ2) is 6.23. The molecule has 21 heavy (non-hydrogen) atoms. The summed E-state index contributed by atoms with van der Waals surface area (Å²) in [5, 5.41) is 1.10. The molecule has 3 rings (SSSR count). The van der Waals surface area contributed by atoms with Gasteiger partial charge in [-0.25, -0.2) is 4.98 Å². The minimum absolute atomic E-state index is 0.0584. The number of halogens is 1. The summed E-state index contributed by atoms with van der Waals surface area (Å²) >= 11 is 5.25. The van der Waals surface area contributed by atoms with Crippen LogP contribution in [-0.2, 0) is 6.42 Å². The first-order valence-electron chi connectivity index (χ1n) is 6.74. The van der Waals surface area contributed by atoms with Gasteiger partial charge in [-0.05, 0) is 42.3 Å². The SMILES string of the molecule is Cc1ccc(Br)cc1C(Cc1nc2ccccc2s1)NN. The molecule has 0 spiro atoms. The zero-order chi connectivity index (χ0) is 14.8. The van der Waals surface area contributed by atoms with Gasteiger partial charge in [0.15, 0.2) is 0 Å². The second-order valence-corrected chi connectivity index (χ2v) is 7.03. The van der Waals surface area contributed by atoms with E-state index in [1.807, 2.05) is 24.3 Å². The lowest BCUT2D eigenvalue weighted by Crippen LogP contribution is -2.30. The summed E-state index contributed by atoms with van der Waals surface area (Å²) in [5.41, 5.74) is 6.40. The highest BCUT2D eigenvalue weighted by atomic mass is 79.9. The third-order valence-electron chi connectivity index (χ3n) is 3.53. The zero-order valence-corrected chi connectivity index (χ0v) is 14.0. The van der Waals surface area contributed by atoms with Crippen molar-refractivity contribution in [3.05, 3.63) is 63.1 Å². The number of nitrogens with zero attached hydrogens (tertiary/aromatic N) is 1. The molecule has 0 radical (unpaired) electrons. The largest absolute Gasteiger partial charge is 0.271 e. The molecule has 0 amide bonds. The summed E-state index contributed by atoms with van der Waals surface area (Å²) in [7, 11) is 0. The molecule has 2 aromatic carbocycles. The Labute approximate surface area is 136 Å². The van der Waals surface area contributed by atoms with E-state index in [1.165, 1.54) is 15.8 Å². The highest BCUT2D eigenvalue weighted by molar-refractivity contribution is 9.10. The van der Waals surface area contributed by atoms with E-state index in [9.17, 15) is 0 Å². The van der Waals surface area contributed by atoms with E-state index in [4.69, 9.17) is 5.84 Å². The molecule has 0 aliphatic rings. The molecule has 0 bridgehead atoms. The van der Waals surface area contributed by atoms with Crippen LogP contribution in [0.5, 0.6) is 0 Å².